The number of aromatic nitrogens is 1. The van der Waals surface area contributed by atoms with E-state index in [1.54, 1.807) is 0 Å². The summed E-state index contributed by atoms with van der Waals surface area (Å²) < 4.78 is 7.68. The maximum absolute atomic E-state index is 9.03. The minimum absolute atomic E-state index is 0.00827. The van der Waals surface area contributed by atoms with Gasteiger partial charge in [0.15, 0.2) is 6.23 Å². The van der Waals surface area contributed by atoms with Crippen molar-refractivity contribution in [1.29, 1.82) is 0 Å². The van der Waals surface area contributed by atoms with Crippen LogP contribution in [0.4, 0.5) is 5.69 Å². The Hall–Kier alpha value is -1.78. The van der Waals surface area contributed by atoms with Crippen LogP contribution in [0.5, 0.6) is 0 Å². The van der Waals surface area contributed by atoms with E-state index in [0.29, 0.717) is 0 Å². The fraction of sp³-hybridized carbons (Fsp3) is 0.231. The highest BCUT2D eigenvalue weighted by atomic mass is 16.5. The van der Waals surface area contributed by atoms with Crippen LogP contribution in [0, 0.1) is 0 Å². The van der Waals surface area contributed by atoms with Gasteiger partial charge in [-0.05, 0) is 24.3 Å². The average Bonchev–Trinajstić information content (AvgIpc) is 2.94. The second kappa shape index (κ2) is 3.91. The van der Waals surface area contributed by atoms with E-state index in [9.17, 15) is 0 Å². The second-order valence-corrected chi connectivity index (χ2v) is 4.14. The lowest BCUT2D eigenvalue weighted by Crippen LogP contribution is -2.14. The molecule has 2 aromatic rings. The zero-order chi connectivity index (χ0) is 11.8. The molecule has 0 unspecified atom stereocenters. The number of nitrogens with two attached hydrogens (primary N) is 1. The van der Waals surface area contributed by atoms with Crippen molar-refractivity contribution in [2.75, 3.05) is 12.3 Å². The van der Waals surface area contributed by atoms with E-state index in [2.05, 4.69) is 0 Å². The Morgan fingerprint density at radius 1 is 1.29 bits per heavy atom. The molecule has 0 saturated carbocycles. The average molecular weight is 230 g/mol. The van der Waals surface area contributed by atoms with Crippen molar-refractivity contribution < 1.29 is 9.84 Å². The van der Waals surface area contributed by atoms with Gasteiger partial charge in [0.05, 0.1) is 12.1 Å². The summed E-state index contributed by atoms with van der Waals surface area (Å²) in [7, 11) is 0. The monoisotopic (exact) mass is 230 g/mol. The zero-order valence-electron chi connectivity index (χ0n) is 9.28. The molecule has 0 spiro atoms. The van der Waals surface area contributed by atoms with Gasteiger partial charge in [0.2, 0.25) is 0 Å². The molecule has 0 saturated heterocycles. The third-order valence-electron chi connectivity index (χ3n) is 3.06. The lowest BCUT2D eigenvalue weighted by atomic mass is 10.2. The van der Waals surface area contributed by atoms with E-state index in [1.807, 2.05) is 47.2 Å². The highest BCUT2D eigenvalue weighted by Crippen LogP contribution is 2.28. The molecule has 4 heteroatoms. The summed E-state index contributed by atoms with van der Waals surface area (Å²) >= 11 is 0. The van der Waals surface area contributed by atoms with Gasteiger partial charge in [-0.3, -0.25) is 0 Å². The van der Waals surface area contributed by atoms with E-state index in [4.69, 9.17) is 15.6 Å². The van der Waals surface area contributed by atoms with Crippen molar-refractivity contribution in [3.8, 4) is 0 Å². The van der Waals surface area contributed by atoms with Gasteiger partial charge in [-0.25, -0.2) is 0 Å². The van der Waals surface area contributed by atoms with Crippen molar-refractivity contribution in [3.05, 3.63) is 42.6 Å². The number of rotatable bonds is 2. The minimum atomic E-state index is -0.210. The zero-order valence-corrected chi connectivity index (χ0v) is 9.28. The molecule has 0 bridgehead atoms. The quantitative estimate of drug-likeness (QED) is 0.609. The number of hydrogen-bond donors (Lipinski definition) is 2. The Labute approximate surface area is 98.9 Å². The van der Waals surface area contributed by atoms with E-state index in [-0.39, 0.29) is 18.9 Å². The van der Waals surface area contributed by atoms with Gasteiger partial charge in [-0.2, -0.15) is 0 Å². The van der Waals surface area contributed by atoms with Gasteiger partial charge in [0.1, 0.15) is 6.10 Å². The number of ether oxygens (including phenoxy) is 1. The largest absolute Gasteiger partial charge is 0.398 e. The van der Waals surface area contributed by atoms with E-state index >= 15 is 0 Å². The molecule has 0 amide bonds. The van der Waals surface area contributed by atoms with Crippen LogP contribution < -0.4 is 5.73 Å². The molecule has 0 radical (unpaired) electrons. The fourth-order valence-corrected chi connectivity index (χ4v) is 2.19. The van der Waals surface area contributed by atoms with Gasteiger partial charge in [-0.15, -0.1) is 0 Å². The molecule has 2 atom stereocenters. The molecule has 4 nitrogen and oxygen atoms in total. The molecular weight excluding hydrogens is 216 g/mol. The SMILES string of the molecule is Nc1cccc2c1ccn2[C@H]1C=C[C@@H](CO)O1. The van der Waals surface area contributed by atoms with Gasteiger partial charge < -0.3 is 20.1 Å². The summed E-state index contributed by atoms with van der Waals surface area (Å²) in [5, 5.41) is 10.1. The summed E-state index contributed by atoms with van der Waals surface area (Å²) in [4.78, 5) is 0. The maximum atomic E-state index is 9.03. The topological polar surface area (TPSA) is 60.4 Å². The normalized spacial score (nSPS) is 23.6. The molecule has 0 aliphatic carbocycles. The van der Waals surface area contributed by atoms with Gasteiger partial charge in [0, 0.05) is 17.3 Å². The molecule has 3 rings (SSSR count). The molecule has 1 aliphatic heterocycles. The third kappa shape index (κ3) is 1.62. The first-order valence-electron chi connectivity index (χ1n) is 5.59. The molecule has 3 N–H and O–H groups in total. The molecule has 1 aromatic carbocycles. The van der Waals surface area contributed by atoms with Crippen LogP contribution in [-0.2, 0) is 4.74 Å². The summed E-state index contributed by atoms with van der Waals surface area (Å²) in [6.45, 7) is 0.00827. The van der Waals surface area contributed by atoms with E-state index in [1.165, 1.54) is 0 Å². The molecule has 1 aromatic heterocycles. The highest BCUT2D eigenvalue weighted by Gasteiger charge is 2.20. The van der Waals surface area contributed by atoms with Gasteiger partial charge in [0.25, 0.3) is 0 Å². The molecule has 1 aliphatic rings. The number of nitrogen functional groups attached to an aromatic ring is 1. The Morgan fingerprint density at radius 3 is 2.94 bits per heavy atom. The lowest BCUT2D eigenvalue weighted by Gasteiger charge is -2.15. The Bertz CT molecular complexity index is 574. The molecule has 88 valence electrons. The van der Waals surface area contributed by atoms with Crippen LogP contribution in [0.3, 0.4) is 0 Å². The summed E-state index contributed by atoms with van der Waals surface area (Å²) in [6, 6.07) is 7.80. The maximum Gasteiger partial charge on any atom is 0.154 e. The minimum Gasteiger partial charge on any atom is -0.398 e. The number of hydrogen-bond acceptors (Lipinski definition) is 3. The van der Waals surface area contributed by atoms with Crippen LogP contribution >= 0.6 is 0 Å². The van der Waals surface area contributed by atoms with Crippen LogP contribution in [0.1, 0.15) is 6.23 Å². The summed E-state index contributed by atoms with van der Waals surface area (Å²) in [5.74, 6) is 0. The first-order chi connectivity index (χ1) is 8.29. The van der Waals surface area contributed by atoms with Crippen molar-refractivity contribution in [2.24, 2.45) is 0 Å². The van der Waals surface area contributed by atoms with Crippen LogP contribution in [0.25, 0.3) is 10.9 Å². The third-order valence-corrected chi connectivity index (χ3v) is 3.06. The Balaban J connectivity index is 2.02. The predicted molar refractivity (Wildman–Crippen MR) is 66.5 cm³/mol. The Kier molecular flexibility index (Phi) is 2.39. The number of benzene rings is 1. The summed E-state index contributed by atoms with van der Waals surface area (Å²) in [6.07, 6.45) is 5.41. The second-order valence-electron chi connectivity index (χ2n) is 4.14. The van der Waals surface area contributed by atoms with Crippen LogP contribution in [-0.4, -0.2) is 22.4 Å². The number of aliphatic hydroxyl groups excluding tert-OH is 1. The van der Waals surface area contributed by atoms with Gasteiger partial charge in [-0.1, -0.05) is 12.1 Å². The summed E-state index contributed by atoms with van der Waals surface area (Å²) in [5.41, 5.74) is 7.72. The van der Waals surface area contributed by atoms with E-state index < -0.39 is 0 Å². The first-order valence-corrected chi connectivity index (χ1v) is 5.59. The molecule has 0 fully saturated rings. The van der Waals surface area contributed by atoms with Crippen molar-refractivity contribution in [1.82, 2.24) is 4.57 Å². The fourth-order valence-electron chi connectivity index (χ4n) is 2.19. The number of nitrogens with zero attached hydrogens (tertiary/aromatic N) is 1. The lowest BCUT2D eigenvalue weighted by molar-refractivity contribution is -0.00590. The Morgan fingerprint density at radius 2 is 2.18 bits per heavy atom. The number of aliphatic hydroxyl groups is 1. The smallest absolute Gasteiger partial charge is 0.154 e. The number of fused-ring (bicyclic) bond motifs is 1. The van der Waals surface area contributed by atoms with Gasteiger partial charge >= 0.3 is 0 Å². The molecular formula is C13H14N2O2. The van der Waals surface area contributed by atoms with Crippen molar-refractivity contribution in [3.63, 3.8) is 0 Å². The standard InChI is InChI=1S/C13H14N2O2/c14-11-2-1-3-12-10(11)6-7-15(12)13-5-4-9(8-16)17-13/h1-7,9,13,16H,8,14H2/t9-,13+/m0/s1. The van der Waals surface area contributed by atoms with Crippen LogP contribution in [0.2, 0.25) is 0 Å². The van der Waals surface area contributed by atoms with Crippen molar-refractivity contribution in [2.45, 2.75) is 12.3 Å². The molecule has 2 heterocycles. The molecule has 17 heavy (non-hydrogen) atoms. The van der Waals surface area contributed by atoms with Crippen LogP contribution in [0.15, 0.2) is 42.6 Å². The number of anilines is 1. The van der Waals surface area contributed by atoms with E-state index in [0.717, 1.165) is 16.6 Å². The first kappa shape index (κ1) is 10.4. The highest BCUT2D eigenvalue weighted by molar-refractivity contribution is 5.91. The predicted octanol–water partition coefficient (Wildman–Crippen LogP) is 1.67. The van der Waals surface area contributed by atoms with Crippen molar-refractivity contribution >= 4 is 16.6 Å².